The Labute approximate surface area is 200 Å². The van der Waals surface area contributed by atoms with Gasteiger partial charge in [0, 0.05) is 17.2 Å². The fraction of sp³-hybridized carbons (Fsp3) is 0.391. The highest BCUT2D eigenvalue weighted by Gasteiger charge is 2.34. The topological polar surface area (TPSA) is 55.8 Å². The number of benzene rings is 2. The first-order valence-electron chi connectivity index (χ1n) is 9.67. The van der Waals surface area contributed by atoms with Crippen LogP contribution in [0.25, 0.3) is 0 Å². The van der Waals surface area contributed by atoms with E-state index < -0.39 is 5.41 Å². The molecule has 0 aromatic heterocycles. The predicted octanol–water partition coefficient (Wildman–Crippen LogP) is 4.87. The maximum Gasteiger partial charge on any atom is 0.357 e. The average molecular weight is 588 g/mol. The molecule has 0 aliphatic heterocycles. The van der Waals surface area contributed by atoms with Crippen molar-refractivity contribution >= 4 is 50.3 Å². The van der Waals surface area contributed by atoms with E-state index in [1.54, 1.807) is 31.3 Å². The fourth-order valence-electron chi connectivity index (χ4n) is 3.07. The number of ketones is 1. The molecule has 0 spiro atoms. The van der Waals surface area contributed by atoms with E-state index in [4.69, 9.17) is 9.57 Å². The van der Waals surface area contributed by atoms with E-state index in [1.807, 2.05) is 44.2 Å². The minimum atomic E-state index is -0.726. The lowest BCUT2D eigenvalue weighted by Crippen LogP contribution is -2.39. The lowest BCUT2D eigenvalue weighted by atomic mass is 9.80. The van der Waals surface area contributed by atoms with Crippen molar-refractivity contribution in [2.75, 3.05) is 32.1 Å². The molecule has 0 fully saturated rings. The fourth-order valence-corrected chi connectivity index (χ4v) is 4.23. The summed E-state index contributed by atoms with van der Waals surface area (Å²) in [6.45, 7) is 5.19. The third-order valence-electron chi connectivity index (χ3n) is 4.81. The Morgan fingerprint density at radius 3 is 2.50 bits per heavy atom. The molecule has 0 aliphatic carbocycles. The van der Waals surface area contributed by atoms with Gasteiger partial charge < -0.3 is 9.57 Å². The second-order valence-corrected chi connectivity index (χ2v) is 9.38. The Morgan fingerprint density at radius 1 is 1.17 bits per heavy atom. The van der Waals surface area contributed by atoms with E-state index in [9.17, 15) is 9.59 Å². The van der Waals surface area contributed by atoms with E-state index >= 15 is 0 Å². The summed E-state index contributed by atoms with van der Waals surface area (Å²) in [4.78, 5) is 30.2. The van der Waals surface area contributed by atoms with Gasteiger partial charge in [-0.1, -0.05) is 53.2 Å². The van der Waals surface area contributed by atoms with E-state index in [-0.39, 0.29) is 29.6 Å². The Kier molecular flexibility index (Phi) is 9.93. The molecule has 2 aromatic rings. The van der Waals surface area contributed by atoms with Crippen molar-refractivity contribution in [3.63, 3.8) is 0 Å². The van der Waals surface area contributed by atoms with Crippen LogP contribution in [-0.4, -0.2) is 49.0 Å². The average Bonchev–Trinajstić information content (AvgIpc) is 2.73. The number of halogens is 2. The minimum Gasteiger partial charge on any atom is -0.380 e. The summed E-state index contributed by atoms with van der Waals surface area (Å²) in [6.07, 6.45) is 0. The Balaban J connectivity index is 1.88. The van der Waals surface area contributed by atoms with Crippen LogP contribution < -0.4 is 0 Å². The van der Waals surface area contributed by atoms with Gasteiger partial charge in [0.1, 0.15) is 0 Å². The minimum absolute atomic E-state index is 0.0751. The number of carbonyl (C=O) groups is 2. The molecular weight excluding hydrogens is 561 g/mol. The van der Waals surface area contributed by atoms with E-state index in [2.05, 4.69) is 38.5 Å². The van der Waals surface area contributed by atoms with Crippen molar-refractivity contribution in [1.82, 2.24) is 5.06 Å². The summed E-state index contributed by atoms with van der Waals surface area (Å²) in [6, 6.07) is 16.8. The summed E-state index contributed by atoms with van der Waals surface area (Å²) >= 11 is 5.55. The second kappa shape index (κ2) is 11.9. The van der Waals surface area contributed by atoms with Crippen LogP contribution >= 0.6 is 38.5 Å². The van der Waals surface area contributed by atoms with Gasteiger partial charge in [-0.3, -0.25) is 4.79 Å². The summed E-state index contributed by atoms with van der Waals surface area (Å²) in [5.41, 5.74) is 0.728. The van der Waals surface area contributed by atoms with Crippen molar-refractivity contribution in [2.24, 2.45) is 5.92 Å². The van der Waals surface area contributed by atoms with E-state index in [0.29, 0.717) is 18.7 Å². The monoisotopic (exact) mass is 587 g/mol. The summed E-state index contributed by atoms with van der Waals surface area (Å²) in [5, 5.41) is 1.79. The van der Waals surface area contributed by atoms with Gasteiger partial charge in [-0.25, -0.2) is 4.79 Å². The summed E-state index contributed by atoms with van der Waals surface area (Å²) in [5.74, 6) is -0.204. The number of hydrogen-bond donors (Lipinski definition) is 0. The van der Waals surface area contributed by atoms with Gasteiger partial charge in [0.15, 0.2) is 5.78 Å². The number of carbonyl (C=O) groups excluding carboxylic acids is 2. The molecule has 0 heterocycles. The molecule has 2 atom stereocenters. The Hall–Kier alpha value is -1.29. The van der Waals surface area contributed by atoms with Gasteiger partial charge in [-0.15, -0.1) is 5.06 Å². The zero-order valence-electron chi connectivity index (χ0n) is 17.4. The quantitative estimate of drug-likeness (QED) is 0.213. The zero-order chi connectivity index (χ0) is 22.1. The number of nitrogens with zero attached hydrogens (tertiary/aromatic N) is 1. The van der Waals surface area contributed by atoms with Crippen LogP contribution in [0.1, 0.15) is 29.8 Å². The highest BCUT2D eigenvalue weighted by atomic mass is 127. The third-order valence-corrected chi connectivity index (χ3v) is 5.99. The lowest BCUT2D eigenvalue weighted by Gasteiger charge is -2.29. The van der Waals surface area contributed by atoms with E-state index in [1.165, 1.54) is 5.06 Å². The smallest absolute Gasteiger partial charge is 0.357 e. The molecule has 0 saturated heterocycles. The maximum atomic E-state index is 12.7. The third kappa shape index (κ3) is 7.14. The van der Waals surface area contributed by atoms with Gasteiger partial charge in [0.25, 0.3) is 0 Å². The molecular formula is C23H27BrINO4. The molecule has 0 N–H and O–H groups in total. The number of alkyl halides is 1. The predicted molar refractivity (Wildman–Crippen MR) is 130 cm³/mol. The highest BCUT2D eigenvalue weighted by molar-refractivity contribution is 14.1. The second-order valence-electron chi connectivity index (χ2n) is 7.57. The maximum absolute atomic E-state index is 12.7. The first kappa shape index (κ1) is 25.0. The molecule has 7 heteroatoms. The Bertz CT molecular complexity index is 848. The molecule has 5 nitrogen and oxygen atoms in total. The van der Waals surface area contributed by atoms with Crippen molar-refractivity contribution in [1.29, 1.82) is 0 Å². The van der Waals surface area contributed by atoms with Crippen molar-refractivity contribution in [3.05, 3.63) is 69.3 Å². The van der Waals surface area contributed by atoms with Crippen LogP contribution in [0.4, 0.5) is 0 Å². The van der Waals surface area contributed by atoms with Gasteiger partial charge in [-0.05, 0) is 65.3 Å². The van der Waals surface area contributed by atoms with Crippen LogP contribution in [0.15, 0.2) is 54.6 Å². The normalized spacial score (nSPS) is 14.2. The van der Waals surface area contributed by atoms with Crippen LogP contribution in [-0.2, 0) is 19.8 Å². The molecule has 2 aromatic carbocycles. The van der Waals surface area contributed by atoms with Crippen LogP contribution in [0.2, 0.25) is 0 Å². The van der Waals surface area contributed by atoms with Gasteiger partial charge in [-0.2, -0.15) is 0 Å². The Morgan fingerprint density at radius 2 is 1.87 bits per heavy atom. The van der Waals surface area contributed by atoms with E-state index in [0.717, 1.165) is 9.13 Å². The van der Waals surface area contributed by atoms with Crippen LogP contribution in [0.3, 0.4) is 0 Å². The zero-order valence-corrected chi connectivity index (χ0v) is 21.2. The summed E-state index contributed by atoms with van der Waals surface area (Å²) in [7, 11) is 1.72. The molecule has 0 radical (unpaired) electrons. The number of hydroxylamine groups is 2. The first-order chi connectivity index (χ1) is 14.3. The lowest BCUT2D eigenvalue weighted by molar-refractivity contribution is -0.124. The van der Waals surface area contributed by atoms with Gasteiger partial charge >= 0.3 is 5.97 Å². The first-order valence-corrected chi connectivity index (χ1v) is 11.9. The molecule has 0 amide bonds. The molecule has 0 saturated carbocycles. The molecule has 0 aliphatic rings. The molecule has 0 bridgehead atoms. The molecule has 162 valence electrons. The van der Waals surface area contributed by atoms with Gasteiger partial charge in [0.05, 0.1) is 29.5 Å². The van der Waals surface area contributed by atoms with Crippen molar-refractivity contribution in [2.45, 2.75) is 19.3 Å². The number of ether oxygens (including phenoxy) is 1. The summed E-state index contributed by atoms with van der Waals surface area (Å²) < 4.78 is 7.03. The number of Topliss-reactive ketones (excluding diaryl/α,β-unsaturated/α-hetero) is 1. The van der Waals surface area contributed by atoms with Crippen molar-refractivity contribution in [3.8, 4) is 0 Å². The molecule has 2 unspecified atom stereocenters. The van der Waals surface area contributed by atoms with Gasteiger partial charge in [0.2, 0.25) is 0 Å². The SMILES string of the molecule is CC(COCC(C)(C(=O)CBr)c1cccc(I)c1)CN(C)OC(=O)c1ccccc1. The van der Waals surface area contributed by atoms with Crippen LogP contribution in [0.5, 0.6) is 0 Å². The standard InChI is InChI=1S/C23H27BrINO4/c1-17(14-26(3)30-22(28)18-8-5-4-6-9-18)15-29-16-23(2,21(27)13-24)19-10-7-11-20(25)12-19/h4-12,17H,13-16H2,1-3H3. The van der Waals surface area contributed by atoms with Crippen LogP contribution in [0, 0.1) is 9.49 Å². The molecule has 30 heavy (non-hydrogen) atoms. The molecule has 2 rings (SSSR count). The van der Waals surface area contributed by atoms with Crippen molar-refractivity contribution < 1.29 is 19.2 Å². The number of rotatable bonds is 11. The number of hydrogen-bond acceptors (Lipinski definition) is 5. The highest BCUT2D eigenvalue weighted by Crippen LogP contribution is 2.28. The largest absolute Gasteiger partial charge is 0.380 e.